The summed E-state index contributed by atoms with van der Waals surface area (Å²) in [5.74, 6) is -0.287. The summed E-state index contributed by atoms with van der Waals surface area (Å²) in [6, 6.07) is 8.71. The maximum atomic E-state index is 11.6. The van der Waals surface area contributed by atoms with Gasteiger partial charge in [-0.3, -0.25) is 4.79 Å². The Balaban J connectivity index is 2.15. The van der Waals surface area contributed by atoms with Crippen LogP contribution in [0.5, 0.6) is 0 Å². The third-order valence-electron chi connectivity index (χ3n) is 3.61. The molecule has 0 aliphatic carbocycles. The summed E-state index contributed by atoms with van der Waals surface area (Å²) in [5, 5.41) is 3.24. The number of nitrogens with zero attached hydrogens (tertiary/aromatic N) is 1. The normalized spacial score (nSPS) is 19.6. The fourth-order valence-electron chi connectivity index (χ4n) is 2.73. The number of hydrogen-bond donors (Lipinski definition) is 2. The van der Waals surface area contributed by atoms with Crippen LogP contribution in [0.2, 0.25) is 0 Å². The molecule has 1 aliphatic rings. The van der Waals surface area contributed by atoms with Crippen LogP contribution in [-0.4, -0.2) is 30.6 Å². The second-order valence-electron chi connectivity index (χ2n) is 5.61. The van der Waals surface area contributed by atoms with Crippen LogP contribution in [0.25, 0.3) is 0 Å². The lowest BCUT2D eigenvalue weighted by Gasteiger charge is -2.29. The minimum Gasteiger partial charge on any atom is -0.368 e. The molecular weight excluding hydrogens is 238 g/mol. The first-order valence-electron chi connectivity index (χ1n) is 6.89. The molecule has 4 nitrogen and oxygen atoms in total. The van der Waals surface area contributed by atoms with Gasteiger partial charge in [-0.2, -0.15) is 0 Å². The van der Waals surface area contributed by atoms with E-state index in [4.69, 9.17) is 5.73 Å². The predicted octanol–water partition coefficient (Wildman–Crippen LogP) is 1.29. The maximum absolute atomic E-state index is 11.6. The van der Waals surface area contributed by atoms with Gasteiger partial charge in [0.05, 0.1) is 0 Å². The Hall–Kier alpha value is -1.55. The van der Waals surface area contributed by atoms with Gasteiger partial charge in [-0.25, -0.2) is 0 Å². The smallest absolute Gasteiger partial charge is 0.236 e. The summed E-state index contributed by atoms with van der Waals surface area (Å²) < 4.78 is 0. The third-order valence-corrected chi connectivity index (χ3v) is 3.61. The molecule has 0 spiro atoms. The van der Waals surface area contributed by atoms with Crippen molar-refractivity contribution in [2.24, 2.45) is 5.73 Å². The Morgan fingerprint density at radius 3 is 2.79 bits per heavy atom. The van der Waals surface area contributed by atoms with E-state index >= 15 is 0 Å². The molecule has 104 valence electrons. The van der Waals surface area contributed by atoms with E-state index in [1.165, 1.54) is 11.3 Å². The molecule has 1 amide bonds. The minimum atomic E-state index is -0.311. The van der Waals surface area contributed by atoms with Crippen molar-refractivity contribution < 1.29 is 4.79 Å². The number of carbonyl (C=O) groups is 1. The highest BCUT2D eigenvalue weighted by Crippen LogP contribution is 2.31. The van der Waals surface area contributed by atoms with Gasteiger partial charge in [0.15, 0.2) is 0 Å². The topological polar surface area (TPSA) is 58.4 Å². The van der Waals surface area contributed by atoms with Crippen molar-refractivity contribution in [2.45, 2.75) is 45.3 Å². The minimum absolute atomic E-state index is 0.241. The summed E-state index contributed by atoms with van der Waals surface area (Å²) in [4.78, 5) is 13.9. The van der Waals surface area contributed by atoms with Gasteiger partial charge in [-0.05, 0) is 25.0 Å². The molecule has 0 bridgehead atoms. The van der Waals surface area contributed by atoms with Gasteiger partial charge in [0.2, 0.25) is 5.91 Å². The quantitative estimate of drug-likeness (QED) is 0.839. The van der Waals surface area contributed by atoms with Crippen molar-refractivity contribution >= 4 is 11.6 Å². The van der Waals surface area contributed by atoms with Crippen LogP contribution >= 0.6 is 0 Å². The molecule has 19 heavy (non-hydrogen) atoms. The van der Waals surface area contributed by atoms with E-state index in [1.54, 1.807) is 0 Å². The Labute approximate surface area is 115 Å². The van der Waals surface area contributed by atoms with Crippen molar-refractivity contribution in [1.82, 2.24) is 5.32 Å². The van der Waals surface area contributed by atoms with Gasteiger partial charge in [0.1, 0.15) is 6.04 Å². The van der Waals surface area contributed by atoms with Crippen molar-refractivity contribution in [2.75, 3.05) is 11.4 Å². The van der Waals surface area contributed by atoms with E-state index in [9.17, 15) is 4.79 Å². The summed E-state index contributed by atoms with van der Waals surface area (Å²) in [5.41, 5.74) is 8.08. The number of amides is 1. The van der Waals surface area contributed by atoms with E-state index in [2.05, 4.69) is 35.3 Å². The highest BCUT2D eigenvalue weighted by atomic mass is 16.1. The number of benzene rings is 1. The lowest BCUT2D eigenvalue weighted by atomic mass is 10.1. The molecule has 1 aliphatic heterocycles. The molecule has 1 aromatic rings. The zero-order valence-corrected chi connectivity index (χ0v) is 11.9. The van der Waals surface area contributed by atoms with Gasteiger partial charge in [-0.1, -0.05) is 32.0 Å². The molecule has 2 rings (SSSR count). The Bertz CT molecular complexity index is 458. The number of hydrogen-bond acceptors (Lipinski definition) is 3. The second kappa shape index (κ2) is 5.61. The van der Waals surface area contributed by atoms with Crippen LogP contribution in [0.1, 0.15) is 26.3 Å². The molecular formula is C15H23N3O. The van der Waals surface area contributed by atoms with Crippen LogP contribution < -0.4 is 16.0 Å². The first kappa shape index (κ1) is 13.9. The zero-order chi connectivity index (χ0) is 14.0. The number of rotatable bonds is 5. The fraction of sp³-hybridized carbons (Fsp3) is 0.533. The molecule has 0 radical (unpaired) electrons. The largest absolute Gasteiger partial charge is 0.368 e. The predicted molar refractivity (Wildman–Crippen MR) is 78.2 cm³/mol. The van der Waals surface area contributed by atoms with E-state index in [0.717, 1.165) is 6.42 Å². The van der Waals surface area contributed by atoms with E-state index in [-0.39, 0.29) is 18.0 Å². The van der Waals surface area contributed by atoms with Crippen LogP contribution in [0.15, 0.2) is 24.3 Å². The van der Waals surface area contributed by atoms with Gasteiger partial charge < -0.3 is 16.0 Å². The van der Waals surface area contributed by atoms with E-state index < -0.39 is 0 Å². The first-order chi connectivity index (χ1) is 8.99. The number of para-hydroxylation sites is 1. The standard InChI is InChI=1S/C15H23N3O/c1-10(2)17-13(15(16)19)9-18-11(3)8-12-6-4-5-7-14(12)18/h4-7,10-11,13,17H,8-9H2,1-3H3,(H2,16,19). The van der Waals surface area contributed by atoms with Crippen LogP contribution in [0, 0.1) is 0 Å². The zero-order valence-electron chi connectivity index (χ0n) is 11.9. The summed E-state index contributed by atoms with van der Waals surface area (Å²) in [6.45, 7) is 6.87. The summed E-state index contributed by atoms with van der Waals surface area (Å²) >= 11 is 0. The molecule has 2 atom stereocenters. The number of primary amides is 1. The summed E-state index contributed by atoms with van der Waals surface area (Å²) in [7, 11) is 0. The lowest BCUT2D eigenvalue weighted by molar-refractivity contribution is -0.120. The fourth-order valence-corrected chi connectivity index (χ4v) is 2.73. The number of nitrogens with two attached hydrogens (primary N) is 1. The molecule has 0 saturated heterocycles. The molecule has 2 unspecified atom stereocenters. The highest BCUT2D eigenvalue weighted by molar-refractivity contribution is 5.81. The molecule has 1 aromatic carbocycles. The molecule has 0 fully saturated rings. The van der Waals surface area contributed by atoms with Crippen molar-refractivity contribution in [3.05, 3.63) is 29.8 Å². The van der Waals surface area contributed by atoms with E-state index in [0.29, 0.717) is 12.6 Å². The summed E-state index contributed by atoms with van der Waals surface area (Å²) in [6.07, 6.45) is 1.03. The van der Waals surface area contributed by atoms with Crippen molar-refractivity contribution in [3.63, 3.8) is 0 Å². The van der Waals surface area contributed by atoms with Crippen molar-refractivity contribution in [1.29, 1.82) is 0 Å². The lowest BCUT2D eigenvalue weighted by Crippen LogP contribution is -2.52. The van der Waals surface area contributed by atoms with Crippen LogP contribution in [0.3, 0.4) is 0 Å². The average Bonchev–Trinajstić information content (AvgIpc) is 2.64. The Morgan fingerprint density at radius 1 is 1.47 bits per heavy atom. The number of carbonyl (C=O) groups excluding carboxylic acids is 1. The first-order valence-corrected chi connectivity index (χ1v) is 6.89. The Morgan fingerprint density at radius 2 is 2.16 bits per heavy atom. The van der Waals surface area contributed by atoms with Gasteiger partial charge in [0, 0.05) is 24.3 Å². The highest BCUT2D eigenvalue weighted by Gasteiger charge is 2.29. The molecule has 3 N–H and O–H groups in total. The average molecular weight is 261 g/mol. The van der Waals surface area contributed by atoms with Crippen LogP contribution in [-0.2, 0) is 11.2 Å². The molecule has 1 heterocycles. The van der Waals surface area contributed by atoms with Crippen LogP contribution in [0.4, 0.5) is 5.69 Å². The SMILES string of the molecule is CC(C)NC(CN1c2ccccc2CC1C)C(N)=O. The monoisotopic (exact) mass is 261 g/mol. The van der Waals surface area contributed by atoms with E-state index in [1.807, 2.05) is 19.9 Å². The third kappa shape index (κ3) is 3.07. The molecule has 0 saturated carbocycles. The molecule has 4 heteroatoms. The van der Waals surface area contributed by atoms with Gasteiger partial charge in [-0.15, -0.1) is 0 Å². The molecule has 0 aromatic heterocycles. The Kier molecular flexibility index (Phi) is 4.10. The number of anilines is 1. The number of nitrogens with one attached hydrogen (secondary N) is 1. The number of fused-ring (bicyclic) bond motifs is 1. The van der Waals surface area contributed by atoms with Gasteiger partial charge >= 0.3 is 0 Å². The second-order valence-corrected chi connectivity index (χ2v) is 5.61. The van der Waals surface area contributed by atoms with Gasteiger partial charge in [0.25, 0.3) is 0 Å². The van der Waals surface area contributed by atoms with Crippen molar-refractivity contribution in [3.8, 4) is 0 Å². The maximum Gasteiger partial charge on any atom is 0.236 e.